The molecule has 1 aromatic heterocycles. The number of amides is 1. The summed E-state index contributed by atoms with van der Waals surface area (Å²) in [6.07, 6.45) is 6.13. The molecule has 1 amide bonds. The van der Waals surface area contributed by atoms with Gasteiger partial charge in [0.25, 0.3) is 0 Å². The highest BCUT2D eigenvalue weighted by Gasteiger charge is 2.20. The van der Waals surface area contributed by atoms with E-state index >= 15 is 0 Å². The second kappa shape index (κ2) is 7.23. The molecular formula is C18H24N2OS. The average Bonchev–Trinajstić information content (AvgIpc) is 2.94. The van der Waals surface area contributed by atoms with Crippen molar-refractivity contribution in [2.45, 2.75) is 45.4 Å². The molecule has 1 fully saturated rings. The van der Waals surface area contributed by atoms with E-state index in [0.717, 1.165) is 37.9 Å². The second-order valence-electron chi connectivity index (χ2n) is 6.37. The molecule has 1 aliphatic rings. The van der Waals surface area contributed by atoms with Crippen LogP contribution in [0.2, 0.25) is 0 Å². The third-order valence-electron chi connectivity index (χ3n) is 4.38. The lowest BCUT2D eigenvalue weighted by Gasteiger charge is -2.31. The number of hydrogen-bond donors (Lipinski definition) is 0. The fraction of sp³-hybridized carbons (Fsp3) is 0.556. The van der Waals surface area contributed by atoms with Gasteiger partial charge in [-0.3, -0.25) is 4.79 Å². The Balaban J connectivity index is 1.42. The van der Waals surface area contributed by atoms with Gasteiger partial charge in [-0.1, -0.05) is 19.1 Å². The first-order valence-electron chi connectivity index (χ1n) is 8.34. The Bertz CT molecular complexity index is 604. The van der Waals surface area contributed by atoms with Crippen LogP contribution in [-0.2, 0) is 11.2 Å². The molecule has 1 saturated heterocycles. The summed E-state index contributed by atoms with van der Waals surface area (Å²) in [4.78, 5) is 18.9. The monoisotopic (exact) mass is 316 g/mol. The molecule has 22 heavy (non-hydrogen) atoms. The van der Waals surface area contributed by atoms with Crippen LogP contribution in [0.4, 0.5) is 0 Å². The van der Waals surface area contributed by atoms with Crippen LogP contribution in [0.1, 0.15) is 44.0 Å². The highest BCUT2D eigenvalue weighted by Crippen LogP contribution is 2.23. The predicted octanol–water partition coefficient (Wildman–Crippen LogP) is 4.27. The van der Waals surface area contributed by atoms with E-state index in [1.54, 1.807) is 11.3 Å². The van der Waals surface area contributed by atoms with Gasteiger partial charge in [-0.15, -0.1) is 11.3 Å². The number of para-hydroxylation sites is 1. The van der Waals surface area contributed by atoms with E-state index in [4.69, 9.17) is 0 Å². The number of nitrogens with zero attached hydrogens (tertiary/aromatic N) is 2. The van der Waals surface area contributed by atoms with E-state index in [2.05, 4.69) is 35.0 Å². The van der Waals surface area contributed by atoms with Crippen molar-refractivity contribution >= 4 is 27.5 Å². The largest absolute Gasteiger partial charge is 0.342 e. The maximum Gasteiger partial charge on any atom is 0.222 e. The van der Waals surface area contributed by atoms with Crippen LogP contribution in [0.15, 0.2) is 24.3 Å². The zero-order valence-corrected chi connectivity index (χ0v) is 14.1. The number of aromatic nitrogens is 1. The number of hydrogen-bond acceptors (Lipinski definition) is 3. The summed E-state index contributed by atoms with van der Waals surface area (Å²) in [6, 6.07) is 8.28. The van der Waals surface area contributed by atoms with Crippen LogP contribution in [0.5, 0.6) is 0 Å². The lowest BCUT2D eigenvalue weighted by Crippen LogP contribution is -2.38. The molecule has 2 heterocycles. The molecule has 0 bridgehead atoms. The molecule has 1 unspecified atom stereocenters. The van der Waals surface area contributed by atoms with Crippen LogP contribution in [-0.4, -0.2) is 28.9 Å². The van der Waals surface area contributed by atoms with Crippen molar-refractivity contribution in [3.63, 3.8) is 0 Å². The van der Waals surface area contributed by atoms with Gasteiger partial charge < -0.3 is 4.90 Å². The quantitative estimate of drug-likeness (QED) is 0.772. The first-order chi connectivity index (χ1) is 10.7. The van der Waals surface area contributed by atoms with E-state index in [-0.39, 0.29) is 0 Å². The van der Waals surface area contributed by atoms with Gasteiger partial charge in [0.2, 0.25) is 5.91 Å². The average molecular weight is 316 g/mol. The first kappa shape index (κ1) is 15.5. The minimum absolute atomic E-state index is 0.343. The first-order valence-corrected chi connectivity index (χ1v) is 9.16. The maximum absolute atomic E-state index is 12.2. The van der Waals surface area contributed by atoms with E-state index < -0.39 is 0 Å². The summed E-state index contributed by atoms with van der Waals surface area (Å²) in [6.45, 7) is 4.16. The van der Waals surface area contributed by atoms with Gasteiger partial charge in [0.05, 0.1) is 15.2 Å². The lowest BCUT2D eigenvalue weighted by atomic mass is 10.00. The molecule has 3 rings (SSSR count). The molecule has 118 valence electrons. The maximum atomic E-state index is 12.2. The van der Waals surface area contributed by atoms with Gasteiger partial charge in [-0.25, -0.2) is 4.98 Å². The second-order valence-corrected chi connectivity index (χ2v) is 7.48. The Morgan fingerprint density at radius 1 is 1.36 bits per heavy atom. The molecular weight excluding hydrogens is 292 g/mol. The topological polar surface area (TPSA) is 33.2 Å². The minimum atomic E-state index is 0.343. The molecule has 1 aliphatic heterocycles. The zero-order chi connectivity index (χ0) is 15.4. The summed E-state index contributed by atoms with van der Waals surface area (Å²) in [5.41, 5.74) is 1.10. The van der Waals surface area contributed by atoms with Crippen molar-refractivity contribution in [2.24, 2.45) is 5.92 Å². The van der Waals surface area contributed by atoms with Crippen LogP contribution in [0, 0.1) is 5.92 Å². The summed E-state index contributed by atoms with van der Waals surface area (Å²) in [5, 5.41) is 1.19. The van der Waals surface area contributed by atoms with E-state index in [1.807, 2.05) is 6.07 Å². The lowest BCUT2D eigenvalue weighted by molar-refractivity contribution is -0.133. The Morgan fingerprint density at radius 3 is 3.05 bits per heavy atom. The van der Waals surface area contributed by atoms with Crippen molar-refractivity contribution in [1.29, 1.82) is 0 Å². The zero-order valence-electron chi connectivity index (χ0n) is 13.3. The van der Waals surface area contributed by atoms with Gasteiger partial charge in [-0.05, 0) is 50.2 Å². The number of carbonyl (C=O) groups excluding carboxylic acids is 1. The molecule has 0 aliphatic carbocycles. The van der Waals surface area contributed by atoms with Gasteiger partial charge in [0.1, 0.15) is 0 Å². The molecule has 0 radical (unpaired) electrons. The van der Waals surface area contributed by atoms with Crippen LogP contribution < -0.4 is 0 Å². The third-order valence-corrected chi connectivity index (χ3v) is 5.48. The number of likely N-dealkylation sites (tertiary alicyclic amines) is 1. The SMILES string of the molecule is CC1CCCN(C(=O)CCCCc2nc3ccccc3s2)C1. The standard InChI is InChI=1S/C18H24N2OS/c1-14-7-6-12-20(13-14)18(21)11-5-4-10-17-19-15-8-2-3-9-16(15)22-17/h2-3,8-9,14H,4-7,10-13H2,1H3. The van der Waals surface area contributed by atoms with Crippen LogP contribution in [0.3, 0.4) is 0 Å². The number of rotatable bonds is 5. The Morgan fingerprint density at radius 2 is 2.23 bits per heavy atom. The van der Waals surface area contributed by atoms with Gasteiger partial charge in [-0.2, -0.15) is 0 Å². The van der Waals surface area contributed by atoms with Gasteiger partial charge in [0.15, 0.2) is 0 Å². The molecule has 0 saturated carbocycles. The smallest absolute Gasteiger partial charge is 0.222 e. The normalized spacial score (nSPS) is 18.8. The fourth-order valence-corrected chi connectivity index (χ4v) is 4.16. The highest BCUT2D eigenvalue weighted by molar-refractivity contribution is 7.18. The number of piperidine rings is 1. The molecule has 0 N–H and O–H groups in total. The van der Waals surface area contributed by atoms with Crippen molar-refractivity contribution < 1.29 is 4.79 Å². The van der Waals surface area contributed by atoms with Gasteiger partial charge >= 0.3 is 0 Å². The number of fused-ring (bicyclic) bond motifs is 1. The minimum Gasteiger partial charge on any atom is -0.342 e. The number of thiazole rings is 1. The van der Waals surface area contributed by atoms with Crippen molar-refractivity contribution in [3.8, 4) is 0 Å². The summed E-state index contributed by atoms with van der Waals surface area (Å²) >= 11 is 1.78. The Labute approximate surface area is 136 Å². The molecule has 3 nitrogen and oxygen atoms in total. The van der Waals surface area contributed by atoms with Crippen molar-refractivity contribution in [3.05, 3.63) is 29.3 Å². The van der Waals surface area contributed by atoms with E-state index in [0.29, 0.717) is 18.2 Å². The molecule has 4 heteroatoms. The Hall–Kier alpha value is -1.42. The number of carbonyl (C=O) groups is 1. The molecule has 1 atom stereocenters. The summed E-state index contributed by atoms with van der Waals surface area (Å²) in [5.74, 6) is 1.01. The molecule has 2 aromatic rings. The highest BCUT2D eigenvalue weighted by atomic mass is 32.1. The van der Waals surface area contributed by atoms with Gasteiger partial charge in [0, 0.05) is 19.5 Å². The van der Waals surface area contributed by atoms with E-state index in [1.165, 1.54) is 22.5 Å². The number of benzene rings is 1. The number of aryl methyl sites for hydroxylation is 1. The van der Waals surface area contributed by atoms with Crippen LogP contribution in [0.25, 0.3) is 10.2 Å². The molecule has 0 spiro atoms. The third kappa shape index (κ3) is 3.86. The summed E-state index contributed by atoms with van der Waals surface area (Å²) in [7, 11) is 0. The predicted molar refractivity (Wildman–Crippen MR) is 92.2 cm³/mol. The number of unbranched alkanes of at least 4 members (excludes halogenated alkanes) is 1. The van der Waals surface area contributed by atoms with Crippen molar-refractivity contribution in [2.75, 3.05) is 13.1 Å². The van der Waals surface area contributed by atoms with E-state index in [9.17, 15) is 4.79 Å². The summed E-state index contributed by atoms with van der Waals surface area (Å²) < 4.78 is 1.26. The molecule has 1 aromatic carbocycles. The Kier molecular flexibility index (Phi) is 5.08. The van der Waals surface area contributed by atoms with Crippen molar-refractivity contribution in [1.82, 2.24) is 9.88 Å². The van der Waals surface area contributed by atoms with Crippen LogP contribution >= 0.6 is 11.3 Å². The fourth-order valence-electron chi connectivity index (χ4n) is 3.15.